The Morgan fingerprint density at radius 2 is 1.68 bits per heavy atom. The van der Waals surface area contributed by atoms with Crippen molar-refractivity contribution in [3.63, 3.8) is 0 Å². The minimum Gasteiger partial charge on any atom is -0.439 e. The van der Waals surface area contributed by atoms with Crippen LogP contribution in [-0.4, -0.2) is 21.5 Å². The number of alkyl halides is 3. The van der Waals surface area contributed by atoms with Crippen LogP contribution in [0.4, 0.5) is 27.8 Å². The molecule has 34 heavy (non-hydrogen) atoms. The molecule has 0 saturated carbocycles. The summed E-state index contributed by atoms with van der Waals surface area (Å²) in [6.07, 6.45) is -1.76. The molecule has 0 aliphatic rings. The van der Waals surface area contributed by atoms with Gasteiger partial charge in [-0.3, -0.25) is 0 Å². The molecule has 0 amide bonds. The van der Waals surface area contributed by atoms with E-state index in [1.54, 1.807) is 13.0 Å². The largest absolute Gasteiger partial charge is 0.439 e. The highest BCUT2D eigenvalue weighted by Gasteiger charge is 2.31. The molecule has 0 aliphatic carbocycles. The third-order valence-electron chi connectivity index (χ3n) is 5.29. The zero-order chi connectivity index (χ0) is 24.5. The second-order valence-corrected chi connectivity index (χ2v) is 7.68. The molecule has 4 rings (SSSR count). The lowest BCUT2D eigenvalue weighted by molar-refractivity contribution is -0.137. The molecule has 0 radical (unpaired) electrons. The van der Waals surface area contributed by atoms with Gasteiger partial charge in [-0.25, -0.2) is 23.7 Å². The lowest BCUT2D eigenvalue weighted by atomic mass is 10.0. The Bertz CT molecular complexity index is 1360. The Morgan fingerprint density at radius 3 is 2.44 bits per heavy atom. The molecule has 10 heteroatoms. The fourth-order valence-corrected chi connectivity index (χ4v) is 3.53. The first-order chi connectivity index (χ1) is 16.1. The summed E-state index contributed by atoms with van der Waals surface area (Å²) in [5.41, 5.74) is 1.55. The topological polar surface area (TPSA) is 59.9 Å². The van der Waals surface area contributed by atoms with E-state index in [2.05, 4.69) is 20.3 Å². The van der Waals surface area contributed by atoms with Gasteiger partial charge in [0.15, 0.2) is 0 Å². The van der Waals surface area contributed by atoms with E-state index in [-0.39, 0.29) is 22.6 Å². The number of aromatic nitrogens is 3. The SMILES string of the molecule is Cc1cc(Oc2cc(C(F)(F)F)ccn2)c(C)cc1CCNc1ncnc2c(F)ccc(F)c12. The minimum absolute atomic E-state index is 0.0206. The molecule has 2 aromatic carbocycles. The summed E-state index contributed by atoms with van der Waals surface area (Å²) in [5, 5.41) is 3.00. The highest BCUT2D eigenvalue weighted by atomic mass is 19.4. The van der Waals surface area contributed by atoms with Crippen LogP contribution in [0.1, 0.15) is 22.3 Å². The first-order valence-corrected chi connectivity index (χ1v) is 10.3. The third kappa shape index (κ3) is 4.90. The third-order valence-corrected chi connectivity index (χ3v) is 5.29. The van der Waals surface area contributed by atoms with Gasteiger partial charge in [-0.2, -0.15) is 13.2 Å². The molecule has 0 aliphatic heterocycles. The van der Waals surface area contributed by atoms with Crippen molar-refractivity contribution >= 4 is 16.7 Å². The van der Waals surface area contributed by atoms with Gasteiger partial charge in [-0.1, -0.05) is 6.07 Å². The van der Waals surface area contributed by atoms with E-state index < -0.39 is 23.4 Å². The van der Waals surface area contributed by atoms with Gasteiger partial charge in [0.2, 0.25) is 5.88 Å². The maximum atomic E-state index is 14.2. The van der Waals surface area contributed by atoms with Gasteiger partial charge >= 0.3 is 6.18 Å². The van der Waals surface area contributed by atoms with Gasteiger partial charge in [0.1, 0.15) is 35.0 Å². The lowest BCUT2D eigenvalue weighted by Gasteiger charge is -2.14. The molecule has 0 atom stereocenters. The average molecular weight is 474 g/mol. The quantitative estimate of drug-likeness (QED) is 0.329. The summed E-state index contributed by atoms with van der Waals surface area (Å²) in [6.45, 7) is 3.99. The second kappa shape index (κ2) is 9.20. The van der Waals surface area contributed by atoms with E-state index in [1.807, 2.05) is 13.0 Å². The Hall–Kier alpha value is -3.82. The fourth-order valence-electron chi connectivity index (χ4n) is 3.53. The van der Waals surface area contributed by atoms with E-state index in [9.17, 15) is 22.0 Å². The fraction of sp³-hybridized carbons (Fsp3) is 0.208. The van der Waals surface area contributed by atoms with Gasteiger partial charge in [-0.05, 0) is 61.2 Å². The van der Waals surface area contributed by atoms with Crippen molar-refractivity contribution in [1.82, 2.24) is 15.0 Å². The summed E-state index contributed by atoms with van der Waals surface area (Å²) in [5.74, 6) is -0.848. The molecular formula is C24H19F5N4O. The molecule has 0 unspecified atom stereocenters. The summed E-state index contributed by atoms with van der Waals surface area (Å²) in [4.78, 5) is 11.7. The number of hydrogen-bond acceptors (Lipinski definition) is 5. The molecule has 176 valence electrons. The zero-order valence-corrected chi connectivity index (χ0v) is 18.2. The molecular weight excluding hydrogens is 455 g/mol. The maximum absolute atomic E-state index is 14.2. The summed E-state index contributed by atoms with van der Waals surface area (Å²) in [6, 6.07) is 7.35. The van der Waals surface area contributed by atoms with Crippen LogP contribution in [-0.2, 0) is 12.6 Å². The number of hydrogen-bond donors (Lipinski definition) is 1. The first-order valence-electron chi connectivity index (χ1n) is 10.3. The first kappa shape index (κ1) is 23.3. The van der Waals surface area contributed by atoms with E-state index >= 15 is 0 Å². The summed E-state index contributed by atoms with van der Waals surface area (Å²) < 4.78 is 72.6. The second-order valence-electron chi connectivity index (χ2n) is 7.68. The number of benzene rings is 2. The van der Waals surface area contributed by atoms with E-state index in [1.165, 1.54) is 0 Å². The smallest absolute Gasteiger partial charge is 0.416 e. The number of halogens is 5. The lowest BCUT2D eigenvalue weighted by Crippen LogP contribution is -2.09. The van der Waals surface area contributed by atoms with Crippen LogP contribution in [0.3, 0.4) is 0 Å². The molecule has 0 saturated heterocycles. The molecule has 0 spiro atoms. The molecule has 5 nitrogen and oxygen atoms in total. The normalized spacial score (nSPS) is 11.6. The zero-order valence-electron chi connectivity index (χ0n) is 18.2. The number of rotatable bonds is 6. The Kier molecular flexibility index (Phi) is 6.32. The highest BCUT2D eigenvalue weighted by molar-refractivity contribution is 5.89. The van der Waals surface area contributed by atoms with Crippen molar-refractivity contribution in [1.29, 1.82) is 0 Å². The van der Waals surface area contributed by atoms with E-state index in [4.69, 9.17) is 4.74 Å². The predicted octanol–water partition coefficient (Wildman–Crippen LogP) is 6.39. The van der Waals surface area contributed by atoms with Crippen molar-refractivity contribution in [2.24, 2.45) is 0 Å². The molecule has 0 bridgehead atoms. The predicted molar refractivity (Wildman–Crippen MR) is 117 cm³/mol. The molecule has 4 aromatic rings. The van der Waals surface area contributed by atoms with Crippen LogP contribution >= 0.6 is 0 Å². The van der Waals surface area contributed by atoms with E-state index in [0.29, 0.717) is 24.3 Å². The monoisotopic (exact) mass is 474 g/mol. The van der Waals surface area contributed by atoms with Crippen LogP contribution in [0.2, 0.25) is 0 Å². The van der Waals surface area contributed by atoms with Gasteiger partial charge < -0.3 is 10.1 Å². The number of fused-ring (bicyclic) bond motifs is 1. The van der Waals surface area contributed by atoms with Crippen molar-refractivity contribution in [3.05, 3.63) is 82.8 Å². The van der Waals surface area contributed by atoms with Gasteiger partial charge in [0.25, 0.3) is 0 Å². The van der Waals surface area contributed by atoms with Crippen molar-refractivity contribution in [3.8, 4) is 11.6 Å². The number of ether oxygens (including phenoxy) is 1. The van der Waals surface area contributed by atoms with Crippen LogP contribution < -0.4 is 10.1 Å². The molecule has 1 N–H and O–H groups in total. The standard InChI is InChI=1S/C24H19F5N4O/c1-13-10-19(34-20-11-16(6-8-30-20)24(27,28)29)14(2)9-15(13)5-7-31-23-21-17(25)3-4-18(26)22(21)32-12-33-23/h3-4,6,8-12H,5,7H2,1-2H3,(H,31,32,33). The number of aryl methyl sites for hydroxylation is 2. The summed E-state index contributed by atoms with van der Waals surface area (Å²) >= 11 is 0. The number of nitrogens with zero attached hydrogens (tertiary/aromatic N) is 3. The van der Waals surface area contributed by atoms with Gasteiger partial charge in [-0.15, -0.1) is 0 Å². The van der Waals surface area contributed by atoms with Crippen molar-refractivity contribution in [2.75, 3.05) is 11.9 Å². The van der Waals surface area contributed by atoms with Crippen molar-refractivity contribution in [2.45, 2.75) is 26.4 Å². The Labute approximate surface area is 191 Å². The Balaban J connectivity index is 1.49. The number of nitrogens with one attached hydrogen (secondary N) is 1. The van der Waals surface area contributed by atoms with Crippen LogP contribution in [0, 0.1) is 25.5 Å². The molecule has 2 aromatic heterocycles. The van der Waals surface area contributed by atoms with Crippen LogP contribution in [0.25, 0.3) is 10.9 Å². The average Bonchev–Trinajstić information content (AvgIpc) is 2.79. The molecule has 2 heterocycles. The number of anilines is 1. The van der Waals surface area contributed by atoms with Crippen LogP contribution in [0.5, 0.6) is 11.6 Å². The summed E-state index contributed by atoms with van der Waals surface area (Å²) in [7, 11) is 0. The minimum atomic E-state index is -4.49. The Morgan fingerprint density at radius 1 is 0.912 bits per heavy atom. The highest BCUT2D eigenvalue weighted by Crippen LogP contribution is 2.33. The van der Waals surface area contributed by atoms with Gasteiger partial charge in [0, 0.05) is 18.8 Å². The van der Waals surface area contributed by atoms with Crippen molar-refractivity contribution < 1.29 is 26.7 Å². The van der Waals surface area contributed by atoms with Gasteiger partial charge in [0.05, 0.1) is 10.9 Å². The number of pyridine rings is 1. The van der Waals surface area contributed by atoms with Crippen LogP contribution in [0.15, 0.2) is 48.9 Å². The molecule has 0 fully saturated rings. The maximum Gasteiger partial charge on any atom is 0.416 e. The van der Waals surface area contributed by atoms with E-state index in [0.717, 1.165) is 47.9 Å².